The minimum atomic E-state index is 0.460. The fourth-order valence-electron chi connectivity index (χ4n) is 1.38. The Morgan fingerprint density at radius 2 is 2.36 bits per heavy atom. The lowest BCUT2D eigenvalue weighted by Crippen LogP contribution is -2.15. The van der Waals surface area contributed by atoms with Crippen LogP contribution in [0.15, 0.2) is 15.9 Å². The lowest BCUT2D eigenvalue weighted by molar-refractivity contribution is 0.189. The summed E-state index contributed by atoms with van der Waals surface area (Å²) in [6, 6.07) is 4.73. The molecule has 0 saturated carbocycles. The molecule has 0 bridgehead atoms. The number of hydrogen-bond acceptors (Lipinski definition) is 3. The maximum absolute atomic E-state index is 5.04. The van der Waals surface area contributed by atoms with Crippen molar-refractivity contribution in [2.24, 2.45) is 0 Å². The summed E-state index contributed by atoms with van der Waals surface area (Å²) in [5.74, 6) is 0. The van der Waals surface area contributed by atoms with Gasteiger partial charge >= 0.3 is 0 Å². The molecule has 0 aliphatic heterocycles. The molecule has 2 nitrogen and oxygen atoms in total. The molecule has 0 amide bonds. The quantitative estimate of drug-likeness (QED) is 0.807. The van der Waals surface area contributed by atoms with Crippen LogP contribution >= 0.6 is 27.3 Å². The Morgan fingerprint density at radius 3 is 2.86 bits per heavy atom. The third kappa shape index (κ3) is 3.69. The maximum atomic E-state index is 5.04. The van der Waals surface area contributed by atoms with Crippen LogP contribution in [-0.2, 0) is 4.74 Å². The van der Waals surface area contributed by atoms with Gasteiger partial charge in [0.2, 0.25) is 0 Å². The summed E-state index contributed by atoms with van der Waals surface area (Å²) in [6.07, 6.45) is 2.22. The summed E-state index contributed by atoms with van der Waals surface area (Å²) in [5, 5.41) is 3.32. The second-order valence-electron chi connectivity index (χ2n) is 3.12. The Bertz CT molecular complexity index is 264. The molecule has 1 aromatic heterocycles. The van der Waals surface area contributed by atoms with Gasteiger partial charge in [0.25, 0.3) is 0 Å². The monoisotopic (exact) mass is 277 g/mol. The highest BCUT2D eigenvalue weighted by molar-refractivity contribution is 9.11. The number of methoxy groups -OCH3 is 1. The van der Waals surface area contributed by atoms with Crippen LogP contribution in [0.5, 0.6) is 0 Å². The third-order valence-corrected chi connectivity index (χ3v) is 3.86. The van der Waals surface area contributed by atoms with Crippen molar-refractivity contribution in [3.8, 4) is 0 Å². The van der Waals surface area contributed by atoms with Crippen LogP contribution in [0.4, 0.5) is 0 Å². The molecular formula is C10H16BrNOS. The molecule has 1 heterocycles. The molecule has 0 fully saturated rings. The van der Waals surface area contributed by atoms with Crippen molar-refractivity contribution in [3.05, 3.63) is 20.8 Å². The Balaban J connectivity index is 2.45. The molecule has 0 radical (unpaired) electrons. The number of rotatable bonds is 6. The molecule has 0 spiro atoms. The summed E-state index contributed by atoms with van der Waals surface area (Å²) in [5.41, 5.74) is 0. The number of halogens is 1. The first-order valence-corrected chi connectivity index (χ1v) is 6.30. The number of hydrogen-bond donors (Lipinski definition) is 1. The first kappa shape index (κ1) is 12.2. The van der Waals surface area contributed by atoms with E-state index in [1.165, 1.54) is 8.66 Å². The highest BCUT2D eigenvalue weighted by Crippen LogP contribution is 2.29. The standard InChI is InChI=1S/C10H16BrNOS/c1-12-8(4-3-7-13-2)9-5-6-10(11)14-9/h5-6,8,12H,3-4,7H2,1-2H3. The van der Waals surface area contributed by atoms with Gasteiger partial charge in [0, 0.05) is 24.6 Å². The lowest BCUT2D eigenvalue weighted by atomic mass is 10.1. The second-order valence-corrected chi connectivity index (χ2v) is 5.61. The van der Waals surface area contributed by atoms with Gasteiger partial charge in [0.1, 0.15) is 0 Å². The van der Waals surface area contributed by atoms with Crippen LogP contribution in [0.2, 0.25) is 0 Å². The predicted octanol–water partition coefficient (Wildman–Crippen LogP) is 3.20. The molecule has 0 saturated heterocycles. The molecule has 0 aliphatic rings. The van der Waals surface area contributed by atoms with Crippen molar-refractivity contribution in [1.82, 2.24) is 5.32 Å². The van der Waals surface area contributed by atoms with Gasteiger partial charge in [-0.3, -0.25) is 0 Å². The third-order valence-electron chi connectivity index (χ3n) is 2.13. The van der Waals surface area contributed by atoms with E-state index in [1.807, 2.05) is 7.05 Å². The van der Waals surface area contributed by atoms with Gasteiger partial charge in [-0.15, -0.1) is 11.3 Å². The molecule has 1 aromatic rings. The van der Waals surface area contributed by atoms with Crippen molar-refractivity contribution < 1.29 is 4.74 Å². The SMILES string of the molecule is CNC(CCCOC)c1ccc(Br)s1. The summed E-state index contributed by atoms with van der Waals surface area (Å²) >= 11 is 5.27. The Morgan fingerprint density at radius 1 is 1.57 bits per heavy atom. The lowest BCUT2D eigenvalue weighted by Gasteiger charge is -2.13. The summed E-state index contributed by atoms with van der Waals surface area (Å²) in [7, 11) is 3.75. The van der Waals surface area contributed by atoms with Crippen LogP contribution < -0.4 is 5.32 Å². The minimum absolute atomic E-state index is 0.460. The van der Waals surface area contributed by atoms with Gasteiger partial charge < -0.3 is 10.1 Å². The zero-order valence-electron chi connectivity index (χ0n) is 8.55. The molecule has 0 aliphatic carbocycles. The maximum Gasteiger partial charge on any atom is 0.0701 e. The van der Waals surface area contributed by atoms with E-state index in [0.717, 1.165) is 19.4 Å². The molecule has 0 aromatic carbocycles. The largest absolute Gasteiger partial charge is 0.385 e. The fourth-order valence-corrected chi connectivity index (χ4v) is 2.94. The van der Waals surface area contributed by atoms with Crippen LogP contribution in [0, 0.1) is 0 Å². The van der Waals surface area contributed by atoms with E-state index in [4.69, 9.17) is 4.74 Å². The van der Waals surface area contributed by atoms with Crippen LogP contribution in [0.1, 0.15) is 23.8 Å². The van der Waals surface area contributed by atoms with Gasteiger partial charge in [0.05, 0.1) is 3.79 Å². The van der Waals surface area contributed by atoms with Gasteiger partial charge in [-0.25, -0.2) is 0 Å². The molecule has 4 heteroatoms. The van der Waals surface area contributed by atoms with E-state index in [2.05, 4.69) is 33.4 Å². The topological polar surface area (TPSA) is 21.3 Å². The van der Waals surface area contributed by atoms with Crippen molar-refractivity contribution in [1.29, 1.82) is 0 Å². The van der Waals surface area contributed by atoms with Crippen molar-refractivity contribution in [2.75, 3.05) is 20.8 Å². The van der Waals surface area contributed by atoms with E-state index in [9.17, 15) is 0 Å². The molecule has 80 valence electrons. The van der Waals surface area contributed by atoms with Gasteiger partial charge in [-0.2, -0.15) is 0 Å². The Kier molecular flexibility index (Phi) is 5.70. The van der Waals surface area contributed by atoms with Crippen molar-refractivity contribution in [3.63, 3.8) is 0 Å². The second kappa shape index (κ2) is 6.56. The first-order chi connectivity index (χ1) is 6.77. The van der Waals surface area contributed by atoms with E-state index in [-0.39, 0.29) is 0 Å². The predicted molar refractivity (Wildman–Crippen MR) is 64.9 cm³/mol. The normalized spacial score (nSPS) is 13.1. The Hall–Kier alpha value is 0.1000. The molecule has 14 heavy (non-hydrogen) atoms. The van der Waals surface area contributed by atoms with Gasteiger partial charge in [0.15, 0.2) is 0 Å². The zero-order valence-corrected chi connectivity index (χ0v) is 11.0. The van der Waals surface area contributed by atoms with Crippen molar-refractivity contribution >= 4 is 27.3 Å². The smallest absolute Gasteiger partial charge is 0.0701 e. The highest BCUT2D eigenvalue weighted by atomic mass is 79.9. The minimum Gasteiger partial charge on any atom is -0.385 e. The summed E-state index contributed by atoms with van der Waals surface area (Å²) in [4.78, 5) is 1.38. The van der Waals surface area contributed by atoms with Gasteiger partial charge in [-0.05, 0) is 48.0 Å². The zero-order chi connectivity index (χ0) is 10.4. The Labute approximate surface area is 97.8 Å². The van der Waals surface area contributed by atoms with E-state index in [0.29, 0.717) is 6.04 Å². The van der Waals surface area contributed by atoms with E-state index in [1.54, 1.807) is 18.4 Å². The van der Waals surface area contributed by atoms with Crippen LogP contribution in [0.3, 0.4) is 0 Å². The average Bonchev–Trinajstić information content (AvgIpc) is 2.60. The average molecular weight is 278 g/mol. The fraction of sp³-hybridized carbons (Fsp3) is 0.600. The number of thiophene rings is 1. The highest BCUT2D eigenvalue weighted by Gasteiger charge is 2.10. The molecule has 1 rings (SSSR count). The molecular weight excluding hydrogens is 262 g/mol. The van der Waals surface area contributed by atoms with E-state index < -0.39 is 0 Å². The number of nitrogens with one attached hydrogen (secondary N) is 1. The number of ether oxygens (including phenoxy) is 1. The van der Waals surface area contributed by atoms with Crippen molar-refractivity contribution in [2.45, 2.75) is 18.9 Å². The summed E-state index contributed by atoms with van der Waals surface area (Å²) in [6.45, 7) is 0.838. The molecule has 1 atom stereocenters. The van der Waals surface area contributed by atoms with Crippen LogP contribution in [-0.4, -0.2) is 20.8 Å². The molecule has 1 N–H and O–H groups in total. The van der Waals surface area contributed by atoms with Gasteiger partial charge in [-0.1, -0.05) is 0 Å². The first-order valence-electron chi connectivity index (χ1n) is 4.69. The van der Waals surface area contributed by atoms with E-state index >= 15 is 0 Å². The molecule has 1 unspecified atom stereocenters. The summed E-state index contributed by atoms with van der Waals surface area (Å²) < 4.78 is 6.24. The van der Waals surface area contributed by atoms with Crippen LogP contribution in [0.25, 0.3) is 0 Å².